The Labute approximate surface area is 96.7 Å². The molecule has 16 heavy (non-hydrogen) atoms. The van der Waals surface area contributed by atoms with Crippen LogP contribution in [0.3, 0.4) is 0 Å². The summed E-state index contributed by atoms with van der Waals surface area (Å²) < 4.78 is 0. The molecule has 0 aliphatic heterocycles. The Kier molecular flexibility index (Phi) is 4.35. The zero-order valence-electron chi connectivity index (χ0n) is 10.2. The number of anilines is 1. The molecular weight excluding hydrogens is 202 g/mol. The van der Waals surface area contributed by atoms with Crippen LogP contribution in [0.15, 0.2) is 18.2 Å². The van der Waals surface area contributed by atoms with Gasteiger partial charge in [0.2, 0.25) is 0 Å². The van der Waals surface area contributed by atoms with E-state index in [0.29, 0.717) is 6.42 Å². The van der Waals surface area contributed by atoms with Crippen molar-refractivity contribution in [3.05, 3.63) is 29.3 Å². The highest BCUT2D eigenvalue weighted by molar-refractivity contribution is 5.66. The Morgan fingerprint density at radius 2 is 1.88 bits per heavy atom. The number of carboxylic acids is 1. The number of benzene rings is 1. The van der Waals surface area contributed by atoms with Crippen molar-refractivity contribution in [2.45, 2.75) is 26.7 Å². The molecule has 0 unspecified atom stereocenters. The first-order valence-electron chi connectivity index (χ1n) is 5.51. The van der Waals surface area contributed by atoms with Crippen LogP contribution >= 0.6 is 0 Å². The molecule has 0 fully saturated rings. The highest BCUT2D eigenvalue weighted by Gasteiger charge is 2.07. The maximum Gasteiger partial charge on any atom is 0.303 e. The lowest BCUT2D eigenvalue weighted by Crippen LogP contribution is -2.21. The molecule has 1 rings (SSSR count). The Morgan fingerprint density at radius 1 is 1.31 bits per heavy atom. The van der Waals surface area contributed by atoms with E-state index in [-0.39, 0.29) is 6.42 Å². The third-order valence-electron chi connectivity index (χ3n) is 2.71. The third kappa shape index (κ3) is 3.26. The SMILES string of the molecule is Cc1cccc(C)c1N(C)CCCC(=O)O. The quantitative estimate of drug-likeness (QED) is 0.830. The monoisotopic (exact) mass is 221 g/mol. The van der Waals surface area contributed by atoms with E-state index < -0.39 is 5.97 Å². The number of hydrogen-bond acceptors (Lipinski definition) is 2. The van der Waals surface area contributed by atoms with Crippen LogP contribution in [0.5, 0.6) is 0 Å². The van der Waals surface area contributed by atoms with E-state index in [1.54, 1.807) is 0 Å². The summed E-state index contributed by atoms with van der Waals surface area (Å²) in [5.74, 6) is -0.727. The van der Waals surface area contributed by atoms with Crippen LogP contribution in [0.2, 0.25) is 0 Å². The summed E-state index contributed by atoms with van der Waals surface area (Å²) in [6.45, 7) is 4.93. The molecule has 0 aromatic heterocycles. The predicted molar refractivity (Wildman–Crippen MR) is 66.1 cm³/mol. The number of aryl methyl sites for hydroxylation is 2. The summed E-state index contributed by atoms with van der Waals surface area (Å²) in [5.41, 5.74) is 3.68. The van der Waals surface area contributed by atoms with Crippen molar-refractivity contribution in [3.63, 3.8) is 0 Å². The molecule has 0 spiro atoms. The molecular formula is C13H19NO2. The van der Waals surface area contributed by atoms with Crippen LogP contribution in [0.1, 0.15) is 24.0 Å². The third-order valence-corrected chi connectivity index (χ3v) is 2.71. The van der Waals surface area contributed by atoms with Gasteiger partial charge in [-0.25, -0.2) is 0 Å². The van der Waals surface area contributed by atoms with Crippen molar-refractivity contribution in [1.82, 2.24) is 0 Å². The second kappa shape index (κ2) is 5.54. The summed E-state index contributed by atoms with van der Waals surface area (Å²) in [5, 5.41) is 8.59. The van der Waals surface area contributed by atoms with E-state index in [0.717, 1.165) is 6.54 Å². The number of hydrogen-bond donors (Lipinski definition) is 1. The van der Waals surface area contributed by atoms with E-state index in [1.165, 1.54) is 16.8 Å². The first-order valence-corrected chi connectivity index (χ1v) is 5.51. The Morgan fingerprint density at radius 3 is 2.38 bits per heavy atom. The molecule has 1 aromatic carbocycles. The van der Waals surface area contributed by atoms with Gasteiger partial charge < -0.3 is 10.0 Å². The molecule has 3 heteroatoms. The van der Waals surface area contributed by atoms with Crippen LogP contribution in [-0.2, 0) is 4.79 Å². The van der Waals surface area contributed by atoms with Crippen molar-refractivity contribution in [3.8, 4) is 0 Å². The molecule has 0 aliphatic rings. The van der Waals surface area contributed by atoms with Gasteiger partial charge in [-0.1, -0.05) is 18.2 Å². The zero-order chi connectivity index (χ0) is 12.1. The molecule has 0 amide bonds. The average Bonchev–Trinajstić information content (AvgIpc) is 2.16. The molecule has 0 bridgehead atoms. The molecule has 0 saturated carbocycles. The molecule has 0 heterocycles. The lowest BCUT2D eigenvalue weighted by Gasteiger charge is -2.23. The molecule has 0 aliphatic carbocycles. The molecule has 0 saturated heterocycles. The van der Waals surface area contributed by atoms with Gasteiger partial charge in [-0.15, -0.1) is 0 Å². The zero-order valence-corrected chi connectivity index (χ0v) is 10.2. The second-order valence-electron chi connectivity index (χ2n) is 4.16. The van der Waals surface area contributed by atoms with Gasteiger partial charge in [0, 0.05) is 25.7 Å². The van der Waals surface area contributed by atoms with Gasteiger partial charge in [0.05, 0.1) is 0 Å². The second-order valence-corrected chi connectivity index (χ2v) is 4.16. The first kappa shape index (κ1) is 12.6. The summed E-state index contributed by atoms with van der Waals surface area (Å²) in [4.78, 5) is 12.6. The minimum absolute atomic E-state index is 0.231. The summed E-state index contributed by atoms with van der Waals surface area (Å²) in [6.07, 6.45) is 0.912. The van der Waals surface area contributed by atoms with Gasteiger partial charge >= 0.3 is 5.97 Å². The van der Waals surface area contributed by atoms with Gasteiger partial charge in [-0.2, -0.15) is 0 Å². The fourth-order valence-electron chi connectivity index (χ4n) is 1.99. The number of para-hydroxylation sites is 1. The number of nitrogens with zero attached hydrogens (tertiary/aromatic N) is 1. The van der Waals surface area contributed by atoms with E-state index >= 15 is 0 Å². The van der Waals surface area contributed by atoms with Gasteiger partial charge in [0.1, 0.15) is 0 Å². The van der Waals surface area contributed by atoms with Crippen molar-refractivity contribution in [2.24, 2.45) is 0 Å². The predicted octanol–water partition coefficient (Wildman–Crippen LogP) is 2.60. The molecule has 0 atom stereocenters. The smallest absolute Gasteiger partial charge is 0.303 e. The van der Waals surface area contributed by atoms with E-state index in [1.807, 2.05) is 13.1 Å². The van der Waals surface area contributed by atoms with Crippen molar-refractivity contribution in [2.75, 3.05) is 18.5 Å². The Bertz CT molecular complexity index is 354. The maximum absolute atomic E-state index is 10.4. The molecule has 88 valence electrons. The summed E-state index contributed by atoms with van der Waals surface area (Å²) >= 11 is 0. The van der Waals surface area contributed by atoms with Crippen molar-refractivity contribution >= 4 is 11.7 Å². The fraction of sp³-hybridized carbons (Fsp3) is 0.462. The van der Waals surface area contributed by atoms with Crippen LogP contribution in [0.25, 0.3) is 0 Å². The fourth-order valence-corrected chi connectivity index (χ4v) is 1.99. The number of rotatable bonds is 5. The number of carboxylic acid groups (broad SMARTS) is 1. The molecule has 0 radical (unpaired) electrons. The van der Waals surface area contributed by atoms with Gasteiger partial charge in [-0.05, 0) is 31.4 Å². The Hall–Kier alpha value is -1.51. The van der Waals surface area contributed by atoms with Crippen LogP contribution < -0.4 is 4.90 Å². The summed E-state index contributed by atoms with van der Waals surface area (Å²) in [7, 11) is 2.01. The van der Waals surface area contributed by atoms with Gasteiger partial charge in [0.15, 0.2) is 0 Å². The number of aliphatic carboxylic acids is 1. The normalized spacial score (nSPS) is 10.2. The number of carbonyl (C=O) groups is 1. The van der Waals surface area contributed by atoms with E-state index in [2.05, 4.69) is 30.9 Å². The van der Waals surface area contributed by atoms with E-state index in [4.69, 9.17) is 5.11 Å². The van der Waals surface area contributed by atoms with Crippen molar-refractivity contribution in [1.29, 1.82) is 0 Å². The minimum Gasteiger partial charge on any atom is -0.481 e. The van der Waals surface area contributed by atoms with Crippen LogP contribution in [0, 0.1) is 13.8 Å². The van der Waals surface area contributed by atoms with Crippen molar-refractivity contribution < 1.29 is 9.90 Å². The lowest BCUT2D eigenvalue weighted by molar-refractivity contribution is -0.137. The molecule has 1 aromatic rings. The van der Waals surface area contributed by atoms with Gasteiger partial charge in [-0.3, -0.25) is 4.79 Å². The van der Waals surface area contributed by atoms with E-state index in [9.17, 15) is 4.79 Å². The standard InChI is InChI=1S/C13H19NO2/c1-10-6-4-7-11(2)13(10)14(3)9-5-8-12(15)16/h4,6-7H,5,8-9H2,1-3H3,(H,15,16). The lowest BCUT2D eigenvalue weighted by atomic mass is 10.1. The highest BCUT2D eigenvalue weighted by Crippen LogP contribution is 2.23. The van der Waals surface area contributed by atoms with Crippen LogP contribution in [0.4, 0.5) is 5.69 Å². The largest absolute Gasteiger partial charge is 0.481 e. The highest BCUT2D eigenvalue weighted by atomic mass is 16.4. The van der Waals surface area contributed by atoms with Crippen LogP contribution in [-0.4, -0.2) is 24.7 Å². The topological polar surface area (TPSA) is 40.5 Å². The Balaban J connectivity index is 2.65. The molecule has 1 N–H and O–H groups in total. The average molecular weight is 221 g/mol. The first-order chi connectivity index (χ1) is 7.52. The van der Waals surface area contributed by atoms with Gasteiger partial charge in [0.25, 0.3) is 0 Å². The maximum atomic E-state index is 10.4. The summed E-state index contributed by atoms with van der Waals surface area (Å²) in [6, 6.07) is 6.20. The molecule has 3 nitrogen and oxygen atoms in total. The minimum atomic E-state index is -0.727.